The molecule has 164 valence electrons. The minimum absolute atomic E-state index is 0.155. The van der Waals surface area contributed by atoms with Crippen molar-refractivity contribution in [2.45, 2.75) is 13.5 Å². The molecule has 0 fully saturated rings. The van der Waals surface area contributed by atoms with Gasteiger partial charge in [-0.25, -0.2) is 19.2 Å². The Hall–Kier alpha value is -4.21. The number of carbonyl (C=O) groups excluding carboxylic acids is 1. The number of hydrogen-bond donors (Lipinski definition) is 2. The summed E-state index contributed by atoms with van der Waals surface area (Å²) in [7, 11) is 3.11. The molecule has 0 unspecified atom stereocenters. The fourth-order valence-electron chi connectivity index (χ4n) is 3.39. The third-order valence-corrected chi connectivity index (χ3v) is 4.99. The Balaban J connectivity index is 1.79. The number of hydrogen-bond acceptors (Lipinski definition) is 7. The summed E-state index contributed by atoms with van der Waals surface area (Å²) in [5.74, 6) is -0.0989. The quantitative estimate of drug-likeness (QED) is 0.446. The van der Waals surface area contributed by atoms with Gasteiger partial charge >= 0.3 is 5.97 Å². The second-order valence-corrected chi connectivity index (χ2v) is 7.02. The number of rotatable bonds is 6. The summed E-state index contributed by atoms with van der Waals surface area (Å²) in [6, 6.07) is 7.72. The minimum atomic E-state index is -0.585. The summed E-state index contributed by atoms with van der Waals surface area (Å²) in [6.45, 7) is 2.41. The van der Waals surface area contributed by atoms with Gasteiger partial charge in [0.25, 0.3) is 5.56 Å². The normalized spacial score (nSPS) is 10.9. The number of carbonyl (C=O) groups is 1. The molecule has 0 aliphatic heterocycles. The standard InChI is InChI=1S/C22H21FN6O3/c1-4-29-10-9-16-19(21(29)30)15(12-28(16)2)25-20-14(22(31)32-3)6-8-18(27-20)26-17-7-5-13(23)11-24-17/h5-12H,4H2,1-3H3,(H2,24,25,26,27). The maximum atomic E-state index is 13.1. The van der Waals surface area contributed by atoms with Gasteiger partial charge in [-0.1, -0.05) is 0 Å². The summed E-state index contributed by atoms with van der Waals surface area (Å²) in [5.41, 5.74) is 1.28. The predicted molar refractivity (Wildman–Crippen MR) is 119 cm³/mol. The number of esters is 1. The average Bonchev–Trinajstić information content (AvgIpc) is 3.11. The molecule has 0 aromatic carbocycles. The first-order valence-corrected chi connectivity index (χ1v) is 9.84. The molecule has 0 atom stereocenters. The number of halogens is 1. The summed E-state index contributed by atoms with van der Waals surface area (Å²) < 4.78 is 21.4. The number of pyridine rings is 3. The van der Waals surface area contributed by atoms with Gasteiger partial charge in [-0.3, -0.25) is 4.79 Å². The van der Waals surface area contributed by atoms with Gasteiger partial charge in [-0.2, -0.15) is 0 Å². The summed E-state index contributed by atoms with van der Waals surface area (Å²) in [4.78, 5) is 33.7. The van der Waals surface area contributed by atoms with E-state index in [1.165, 1.54) is 19.2 Å². The highest BCUT2D eigenvalue weighted by Crippen LogP contribution is 2.28. The zero-order valence-corrected chi connectivity index (χ0v) is 17.7. The molecule has 0 aliphatic rings. The predicted octanol–water partition coefficient (Wildman–Crippen LogP) is 3.56. The Morgan fingerprint density at radius 1 is 1.16 bits per heavy atom. The van der Waals surface area contributed by atoms with Crippen LogP contribution < -0.4 is 16.2 Å². The van der Waals surface area contributed by atoms with Crippen molar-refractivity contribution in [3.63, 3.8) is 0 Å². The number of fused-ring (bicyclic) bond motifs is 1. The molecule has 0 amide bonds. The van der Waals surface area contributed by atoms with Crippen LogP contribution in [-0.4, -0.2) is 32.2 Å². The van der Waals surface area contributed by atoms with E-state index in [0.717, 1.165) is 11.7 Å². The van der Waals surface area contributed by atoms with Gasteiger partial charge in [0, 0.05) is 26.0 Å². The van der Waals surface area contributed by atoms with Gasteiger partial charge in [-0.05, 0) is 37.3 Å². The van der Waals surface area contributed by atoms with E-state index in [1.807, 2.05) is 24.6 Å². The lowest BCUT2D eigenvalue weighted by molar-refractivity contribution is 0.0601. The van der Waals surface area contributed by atoms with Crippen LogP contribution in [0.2, 0.25) is 0 Å². The van der Waals surface area contributed by atoms with Crippen molar-refractivity contribution in [2.24, 2.45) is 7.05 Å². The van der Waals surface area contributed by atoms with Gasteiger partial charge in [0.15, 0.2) is 0 Å². The number of nitrogens with one attached hydrogen (secondary N) is 2. The fraction of sp³-hybridized carbons (Fsp3) is 0.182. The van der Waals surface area contributed by atoms with Gasteiger partial charge in [-0.15, -0.1) is 0 Å². The van der Waals surface area contributed by atoms with Crippen LogP contribution in [0, 0.1) is 5.82 Å². The molecule has 4 rings (SSSR count). The summed E-state index contributed by atoms with van der Waals surface area (Å²) in [5, 5.41) is 6.55. The molecule has 0 radical (unpaired) electrons. The van der Waals surface area contributed by atoms with Crippen LogP contribution in [0.15, 0.2) is 53.7 Å². The van der Waals surface area contributed by atoms with Crippen molar-refractivity contribution in [2.75, 3.05) is 17.7 Å². The van der Waals surface area contributed by atoms with Crippen LogP contribution in [0.5, 0.6) is 0 Å². The Morgan fingerprint density at radius 3 is 2.62 bits per heavy atom. The average molecular weight is 436 g/mol. The topological polar surface area (TPSA) is 103 Å². The van der Waals surface area contributed by atoms with Gasteiger partial charge in [0.1, 0.15) is 28.8 Å². The van der Waals surface area contributed by atoms with Crippen molar-refractivity contribution >= 4 is 40.0 Å². The molecule has 0 aliphatic carbocycles. The minimum Gasteiger partial charge on any atom is -0.465 e. The van der Waals surface area contributed by atoms with E-state index < -0.39 is 11.8 Å². The highest BCUT2D eigenvalue weighted by molar-refractivity contribution is 5.99. The van der Waals surface area contributed by atoms with Crippen molar-refractivity contribution in [1.29, 1.82) is 0 Å². The van der Waals surface area contributed by atoms with E-state index in [2.05, 4.69) is 20.6 Å². The number of anilines is 4. The van der Waals surface area contributed by atoms with E-state index >= 15 is 0 Å². The van der Waals surface area contributed by atoms with Crippen LogP contribution >= 0.6 is 0 Å². The molecule has 4 aromatic heterocycles. The van der Waals surface area contributed by atoms with Crippen molar-refractivity contribution in [1.82, 2.24) is 19.1 Å². The molecule has 2 N–H and O–H groups in total. The SMILES string of the molecule is CCn1ccc2c(c(Nc3nc(Nc4ccc(F)cn4)ccc3C(=O)OC)cn2C)c1=O. The molecule has 4 heterocycles. The molecule has 0 spiro atoms. The lowest BCUT2D eigenvalue weighted by Crippen LogP contribution is -2.18. The monoisotopic (exact) mass is 436 g/mol. The highest BCUT2D eigenvalue weighted by atomic mass is 19.1. The second kappa shape index (κ2) is 8.50. The lowest BCUT2D eigenvalue weighted by atomic mass is 10.2. The molecule has 32 heavy (non-hydrogen) atoms. The Labute approximate surface area is 182 Å². The Morgan fingerprint density at radius 2 is 1.94 bits per heavy atom. The molecule has 0 saturated heterocycles. The zero-order valence-electron chi connectivity index (χ0n) is 17.7. The summed E-state index contributed by atoms with van der Waals surface area (Å²) >= 11 is 0. The highest BCUT2D eigenvalue weighted by Gasteiger charge is 2.18. The second-order valence-electron chi connectivity index (χ2n) is 7.02. The number of nitrogens with zero attached hydrogens (tertiary/aromatic N) is 4. The first-order chi connectivity index (χ1) is 15.4. The van der Waals surface area contributed by atoms with E-state index in [1.54, 1.807) is 29.1 Å². The molecule has 10 heteroatoms. The molecule has 9 nitrogen and oxygen atoms in total. The molecule has 0 saturated carbocycles. The number of aryl methyl sites for hydroxylation is 2. The zero-order chi connectivity index (χ0) is 22.8. The van der Waals surface area contributed by atoms with Crippen molar-refractivity contribution in [3.8, 4) is 0 Å². The van der Waals surface area contributed by atoms with E-state index in [0.29, 0.717) is 29.3 Å². The Bertz CT molecular complexity index is 1360. The maximum Gasteiger partial charge on any atom is 0.341 e. The van der Waals surface area contributed by atoms with Crippen LogP contribution in [0.25, 0.3) is 10.9 Å². The molecule has 0 bridgehead atoms. The van der Waals surface area contributed by atoms with E-state index in [9.17, 15) is 14.0 Å². The van der Waals surface area contributed by atoms with Crippen LogP contribution in [-0.2, 0) is 18.3 Å². The van der Waals surface area contributed by atoms with Gasteiger partial charge < -0.3 is 24.5 Å². The fourth-order valence-corrected chi connectivity index (χ4v) is 3.39. The molecular weight excluding hydrogens is 415 g/mol. The lowest BCUT2D eigenvalue weighted by Gasteiger charge is -2.12. The van der Waals surface area contributed by atoms with Crippen molar-refractivity contribution in [3.05, 3.63) is 70.7 Å². The largest absolute Gasteiger partial charge is 0.465 e. The van der Waals surface area contributed by atoms with Crippen molar-refractivity contribution < 1.29 is 13.9 Å². The molecular formula is C22H21FN6O3. The van der Waals surface area contributed by atoms with Gasteiger partial charge in [0.2, 0.25) is 0 Å². The number of aromatic nitrogens is 4. The van der Waals surface area contributed by atoms with Crippen LogP contribution in [0.3, 0.4) is 0 Å². The number of methoxy groups -OCH3 is 1. The smallest absolute Gasteiger partial charge is 0.341 e. The maximum absolute atomic E-state index is 13.1. The van der Waals surface area contributed by atoms with E-state index in [4.69, 9.17) is 4.74 Å². The first-order valence-electron chi connectivity index (χ1n) is 9.84. The summed E-state index contributed by atoms with van der Waals surface area (Å²) in [6.07, 6.45) is 4.59. The van der Waals surface area contributed by atoms with Gasteiger partial charge in [0.05, 0.1) is 29.9 Å². The Kier molecular flexibility index (Phi) is 5.59. The third kappa shape index (κ3) is 3.89. The van der Waals surface area contributed by atoms with Crippen LogP contribution in [0.1, 0.15) is 17.3 Å². The van der Waals surface area contributed by atoms with Crippen LogP contribution in [0.4, 0.5) is 27.5 Å². The third-order valence-electron chi connectivity index (χ3n) is 4.99. The molecule has 4 aromatic rings. The first kappa shape index (κ1) is 21.0. The number of ether oxygens (including phenoxy) is 1. The van der Waals surface area contributed by atoms with E-state index in [-0.39, 0.29) is 16.9 Å².